The van der Waals surface area contributed by atoms with E-state index in [1.54, 1.807) is 18.2 Å². The number of aromatic hydroxyl groups is 1. The number of methoxy groups -OCH3 is 1. The van der Waals surface area contributed by atoms with E-state index < -0.39 is 5.82 Å². The number of rotatable bonds is 5. The first kappa shape index (κ1) is 19.3. The van der Waals surface area contributed by atoms with Crippen molar-refractivity contribution < 1.29 is 14.2 Å². The molecule has 6 nitrogen and oxygen atoms in total. The molecule has 3 aromatic rings. The zero-order valence-electron chi connectivity index (χ0n) is 13.7. The van der Waals surface area contributed by atoms with Gasteiger partial charge in [-0.25, -0.2) is 9.37 Å². The van der Waals surface area contributed by atoms with Crippen LogP contribution in [-0.2, 0) is 0 Å². The van der Waals surface area contributed by atoms with Crippen molar-refractivity contribution in [1.82, 2.24) is 9.97 Å². The minimum atomic E-state index is -0.658. The third-order valence-electron chi connectivity index (χ3n) is 3.43. The Labute approximate surface area is 168 Å². The molecule has 0 aliphatic carbocycles. The van der Waals surface area contributed by atoms with Gasteiger partial charge in [-0.15, -0.1) is 0 Å². The first-order valence-electron chi connectivity index (χ1n) is 7.45. The number of phenolic OH excluding ortho intramolecular Hbond substituents is 1. The molecule has 0 aliphatic heterocycles. The van der Waals surface area contributed by atoms with Crippen LogP contribution in [0.15, 0.2) is 36.5 Å². The van der Waals surface area contributed by atoms with Gasteiger partial charge < -0.3 is 20.5 Å². The summed E-state index contributed by atoms with van der Waals surface area (Å²) in [5.41, 5.74) is 0.938. The van der Waals surface area contributed by atoms with E-state index in [-0.39, 0.29) is 27.6 Å². The first-order valence-corrected chi connectivity index (χ1v) is 8.59. The molecule has 0 aliphatic rings. The molecular formula is C17H12Cl3FN4O2. The zero-order chi connectivity index (χ0) is 19.6. The highest BCUT2D eigenvalue weighted by Crippen LogP contribution is 2.35. The predicted octanol–water partition coefficient (Wildman–Crippen LogP) is 5.78. The molecule has 27 heavy (non-hydrogen) atoms. The molecule has 0 amide bonds. The maximum Gasteiger partial charge on any atom is 0.229 e. The number of nitrogens with zero attached hydrogens (tertiary/aromatic N) is 2. The van der Waals surface area contributed by atoms with Crippen LogP contribution in [0.25, 0.3) is 0 Å². The van der Waals surface area contributed by atoms with Gasteiger partial charge >= 0.3 is 0 Å². The number of hydrogen-bond acceptors (Lipinski definition) is 6. The van der Waals surface area contributed by atoms with Crippen molar-refractivity contribution in [2.75, 3.05) is 17.7 Å². The number of halogens is 4. The number of ether oxygens (including phenoxy) is 1. The Balaban J connectivity index is 1.85. The van der Waals surface area contributed by atoms with Gasteiger partial charge in [0.05, 0.1) is 28.4 Å². The third kappa shape index (κ3) is 4.44. The molecule has 2 aromatic carbocycles. The van der Waals surface area contributed by atoms with Gasteiger partial charge in [0.15, 0.2) is 17.4 Å². The number of anilines is 4. The van der Waals surface area contributed by atoms with Crippen LogP contribution < -0.4 is 15.4 Å². The molecule has 0 unspecified atom stereocenters. The molecule has 1 heterocycles. The van der Waals surface area contributed by atoms with E-state index in [0.717, 1.165) is 6.20 Å². The Hall–Kier alpha value is -2.48. The Kier molecular flexibility index (Phi) is 5.74. The second kappa shape index (κ2) is 8.04. The molecular weight excluding hydrogens is 418 g/mol. The fraction of sp³-hybridized carbons (Fsp3) is 0.0588. The van der Waals surface area contributed by atoms with Crippen molar-refractivity contribution in [3.63, 3.8) is 0 Å². The van der Waals surface area contributed by atoms with Crippen molar-refractivity contribution in [1.29, 1.82) is 0 Å². The van der Waals surface area contributed by atoms with Gasteiger partial charge in [0.1, 0.15) is 5.75 Å². The van der Waals surface area contributed by atoms with Crippen molar-refractivity contribution in [3.8, 4) is 11.5 Å². The number of hydrogen-bond donors (Lipinski definition) is 3. The molecule has 0 spiro atoms. The van der Waals surface area contributed by atoms with Gasteiger partial charge in [0.25, 0.3) is 0 Å². The fourth-order valence-electron chi connectivity index (χ4n) is 2.16. The predicted molar refractivity (Wildman–Crippen MR) is 105 cm³/mol. The standard InChI is InChI=1S/C17H12Cl3FN4O2/c1-27-14-3-2-8(4-10(14)18)23-16-13(21)7-22-17(25-16)24-9-5-11(19)15(26)12(20)6-9/h2-7,26H,1H3,(H2,22,23,24,25). The van der Waals surface area contributed by atoms with E-state index in [1.807, 2.05) is 0 Å². The lowest BCUT2D eigenvalue weighted by molar-refractivity contribution is 0.415. The van der Waals surface area contributed by atoms with Gasteiger partial charge in [0, 0.05) is 11.4 Å². The SMILES string of the molecule is COc1ccc(Nc2nc(Nc3cc(Cl)c(O)c(Cl)c3)ncc2F)cc1Cl. The van der Waals surface area contributed by atoms with Crippen molar-refractivity contribution in [2.24, 2.45) is 0 Å². The minimum Gasteiger partial charge on any atom is -0.505 e. The number of nitrogens with one attached hydrogen (secondary N) is 2. The molecule has 3 rings (SSSR count). The first-order chi connectivity index (χ1) is 12.9. The van der Waals surface area contributed by atoms with Crippen LogP contribution in [0, 0.1) is 5.82 Å². The number of aromatic nitrogens is 2. The molecule has 0 fully saturated rings. The Bertz CT molecular complexity index is 981. The van der Waals surface area contributed by atoms with Crippen LogP contribution in [-0.4, -0.2) is 22.2 Å². The summed E-state index contributed by atoms with van der Waals surface area (Å²) in [4.78, 5) is 7.96. The lowest BCUT2D eigenvalue weighted by Crippen LogP contribution is -2.03. The number of phenols is 1. The summed E-state index contributed by atoms with van der Waals surface area (Å²) in [6.45, 7) is 0. The van der Waals surface area contributed by atoms with E-state index >= 15 is 0 Å². The highest BCUT2D eigenvalue weighted by atomic mass is 35.5. The normalized spacial score (nSPS) is 10.6. The van der Waals surface area contributed by atoms with E-state index in [4.69, 9.17) is 39.5 Å². The minimum absolute atomic E-state index is 0.0540. The van der Waals surface area contributed by atoms with Gasteiger partial charge in [0.2, 0.25) is 5.95 Å². The molecule has 0 bridgehead atoms. The summed E-state index contributed by atoms with van der Waals surface area (Å²) < 4.78 is 19.2. The highest BCUT2D eigenvalue weighted by Gasteiger charge is 2.11. The highest BCUT2D eigenvalue weighted by molar-refractivity contribution is 6.37. The quantitative estimate of drug-likeness (QED) is 0.446. The number of benzene rings is 2. The molecule has 140 valence electrons. The summed E-state index contributed by atoms with van der Waals surface area (Å²) in [6.07, 6.45) is 1.01. The summed E-state index contributed by atoms with van der Waals surface area (Å²) in [5, 5.41) is 15.7. The molecule has 0 saturated carbocycles. The monoisotopic (exact) mass is 428 g/mol. The fourth-order valence-corrected chi connectivity index (χ4v) is 2.91. The topological polar surface area (TPSA) is 79.3 Å². The second-order valence-electron chi connectivity index (χ2n) is 5.28. The Morgan fingerprint density at radius 2 is 1.67 bits per heavy atom. The lowest BCUT2D eigenvalue weighted by Gasteiger charge is -2.11. The average molecular weight is 430 g/mol. The molecule has 0 saturated heterocycles. The second-order valence-corrected chi connectivity index (χ2v) is 6.50. The third-order valence-corrected chi connectivity index (χ3v) is 4.30. The smallest absolute Gasteiger partial charge is 0.229 e. The van der Waals surface area contributed by atoms with Crippen LogP contribution in [0.4, 0.5) is 27.5 Å². The van der Waals surface area contributed by atoms with Crippen LogP contribution in [0.2, 0.25) is 15.1 Å². The van der Waals surface area contributed by atoms with Gasteiger partial charge in [-0.1, -0.05) is 34.8 Å². The largest absolute Gasteiger partial charge is 0.505 e. The molecule has 1 aromatic heterocycles. The summed E-state index contributed by atoms with van der Waals surface area (Å²) in [6, 6.07) is 7.76. The molecule has 0 atom stereocenters. The Morgan fingerprint density at radius 3 is 2.30 bits per heavy atom. The molecule has 10 heteroatoms. The van der Waals surface area contributed by atoms with Crippen molar-refractivity contribution >= 4 is 57.9 Å². The molecule has 3 N–H and O–H groups in total. The lowest BCUT2D eigenvalue weighted by atomic mass is 10.3. The van der Waals surface area contributed by atoms with Crippen LogP contribution >= 0.6 is 34.8 Å². The summed E-state index contributed by atoms with van der Waals surface area (Å²) >= 11 is 17.8. The maximum atomic E-state index is 14.1. The van der Waals surface area contributed by atoms with Gasteiger partial charge in [-0.05, 0) is 30.3 Å². The Morgan fingerprint density at radius 1 is 1.00 bits per heavy atom. The summed E-state index contributed by atoms with van der Waals surface area (Å²) in [5.74, 6) is -0.369. The molecule has 0 radical (unpaired) electrons. The van der Waals surface area contributed by atoms with Crippen LogP contribution in [0.3, 0.4) is 0 Å². The maximum absolute atomic E-state index is 14.1. The van der Waals surface area contributed by atoms with Crippen molar-refractivity contribution in [3.05, 3.63) is 57.4 Å². The summed E-state index contributed by atoms with van der Waals surface area (Å²) in [7, 11) is 1.50. The van der Waals surface area contributed by atoms with Crippen molar-refractivity contribution in [2.45, 2.75) is 0 Å². The van der Waals surface area contributed by atoms with E-state index in [0.29, 0.717) is 22.1 Å². The van der Waals surface area contributed by atoms with Crippen LogP contribution in [0.1, 0.15) is 0 Å². The zero-order valence-corrected chi connectivity index (χ0v) is 16.0. The average Bonchev–Trinajstić information content (AvgIpc) is 2.62. The van der Waals surface area contributed by atoms with E-state index in [9.17, 15) is 9.50 Å². The van der Waals surface area contributed by atoms with E-state index in [1.165, 1.54) is 19.2 Å². The van der Waals surface area contributed by atoms with Gasteiger partial charge in [-0.3, -0.25) is 0 Å². The van der Waals surface area contributed by atoms with E-state index in [2.05, 4.69) is 20.6 Å². The van der Waals surface area contributed by atoms with Gasteiger partial charge in [-0.2, -0.15) is 4.98 Å². The van der Waals surface area contributed by atoms with Crippen LogP contribution in [0.5, 0.6) is 11.5 Å².